The lowest BCUT2D eigenvalue weighted by Crippen LogP contribution is -2.13. The predicted octanol–water partition coefficient (Wildman–Crippen LogP) is 4.97. The number of nitrogens with two attached hydrogens (primary N) is 1. The van der Waals surface area contributed by atoms with Gasteiger partial charge in [0, 0.05) is 12.1 Å². The highest BCUT2D eigenvalue weighted by Gasteiger charge is 2.14. The lowest BCUT2D eigenvalue weighted by Gasteiger charge is -2.09. The molecule has 5 rings (SSSR count). The maximum Gasteiger partial charge on any atom is 0.255 e. The van der Waals surface area contributed by atoms with Crippen molar-refractivity contribution in [2.24, 2.45) is 0 Å². The third kappa shape index (κ3) is 5.07. The van der Waals surface area contributed by atoms with Gasteiger partial charge in [-0.2, -0.15) is 9.97 Å². The van der Waals surface area contributed by atoms with Gasteiger partial charge in [-0.1, -0.05) is 54.6 Å². The van der Waals surface area contributed by atoms with E-state index in [1.54, 1.807) is 30.6 Å². The van der Waals surface area contributed by atoms with Crippen LogP contribution in [-0.2, 0) is 13.1 Å². The Hall–Kier alpha value is -4.43. The number of amides is 1. The predicted molar refractivity (Wildman–Crippen MR) is 138 cm³/mol. The van der Waals surface area contributed by atoms with Crippen molar-refractivity contribution in [1.82, 2.24) is 19.5 Å². The number of nitrogens with zero attached hydrogens (tertiary/aromatic N) is 4. The zero-order valence-corrected chi connectivity index (χ0v) is 19.4. The minimum atomic E-state index is -0.226. The molecule has 0 atom stereocenters. The molecule has 0 unspecified atom stereocenters. The van der Waals surface area contributed by atoms with Crippen molar-refractivity contribution in [2.45, 2.75) is 13.1 Å². The van der Waals surface area contributed by atoms with Gasteiger partial charge < -0.3 is 20.9 Å². The van der Waals surface area contributed by atoms with Gasteiger partial charge in [-0.15, -0.1) is 0 Å². The fourth-order valence-corrected chi connectivity index (χ4v) is 3.87. The summed E-state index contributed by atoms with van der Waals surface area (Å²) in [7, 11) is 0. The number of imidazole rings is 1. The minimum absolute atomic E-state index is 0.141. The molecule has 0 saturated carbocycles. The lowest BCUT2D eigenvalue weighted by atomic mass is 10.1. The molecule has 8 nitrogen and oxygen atoms in total. The zero-order valence-electron chi connectivity index (χ0n) is 18.6. The number of rotatable bonds is 7. The van der Waals surface area contributed by atoms with Crippen molar-refractivity contribution < 1.29 is 4.79 Å². The van der Waals surface area contributed by atoms with E-state index in [4.69, 9.17) is 17.3 Å². The van der Waals surface area contributed by atoms with Gasteiger partial charge in [0.2, 0.25) is 5.28 Å². The van der Waals surface area contributed by atoms with E-state index in [1.807, 2.05) is 59.2 Å². The molecule has 5 aromatic rings. The average molecular weight is 484 g/mol. The Balaban J connectivity index is 1.32. The van der Waals surface area contributed by atoms with Crippen LogP contribution in [0.5, 0.6) is 0 Å². The molecule has 9 heteroatoms. The second-order valence-electron chi connectivity index (χ2n) is 7.96. The first-order valence-corrected chi connectivity index (χ1v) is 11.4. The van der Waals surface area contributed by atoms with Gasteiger partial charge >= 0.3 is 0 Å². The Morgan fingerprint density at radius 3 is 2.43 bits per heavy atom. The molecule has 174 valence electrons. The Kier molecular flexibility index (Phi) is 6.28. The molecule has 2 aromatic heterocycles. The number of nitrogens with one attached hydrogen (secondary N) is 2. The standard InChI is InChI=1S/C26H22ClN7O/c27-26-32-23(29-14-17-6-2-1-3-7-17)22-24(33-26)34(16-30-22)15-18-10-12-19(13-11-18)25(35)31-21-9-5-4-8-20(21)28/h1-13,16H,14-15,28H2,(H,31,35)(H,29,32,33). The second kappa shape index (κ2) is 9.82. The number of hydrogen-bond acceptors (Lipinski definition) is 6. The number of halogens is 1. The summed E-state index contributed by atoms with van der Waals surface area (Å²) in [6.07, 6.45) is 1.71. The quantitative estimate of drug-likeness (QED) is 0.222. The number of aromatic nitrogens is 4. The molecule has 0 fully saturated rings. The first kappa shape index (κ1) is 22.4. The van der Waals surface area contributed by atoms with Crippen molar-refractivity contribution in [1.29, 1.82) is 0 Å². The number of nitrogen functional groups attached to an aromatic ring is 1. The second-order valence-corrected chi connectivity index (χ2v) is 8.30. The third-order valence-corrected chi connectivity index (χ3v) is 5.69. The molecular formula is C26H22ClN7O. The highest BCUT2D eigenvalue weighted by molar-refractivity contribution is 6.28. The van der Waals surface area contributed by atoms with E-state index in [2.05, 4.69) is 25.6 Å². The number of fused-ring (bicyclic) bond motifs is 1. The van der Waals surface area contributed by atoms with E-state index in [0.29, 0.717) is 47.0 Å². The van der Waals surface area contributed by atoms with Crippen molar-refractivity contribution in [3.63, 3.8) is 0 Å². The van der Waals surface area contributed by atoms with Crippen LogP contribution in [0.15, 0.2) is 85.2 Å². The largest absolute Gasteiger partial charge is 0.397 e. The Labute approximate surface area is 206 Å². The molecule has 0 spiro atoms. The van der Waals surface area contributed by atoms with E-state index in [1.165, 1.54) is 0 Å². The molecule has 0 aliphatic carbocycles. The average Bonchev–Trinajstić information content (AvgIpc) is 3.27. The van der Waals surface area contributed by atoms with Gasteiger partial charge in [0.1, 0.15) is 0 Å². The van der Waals surface area contributed by atoms with Crippen LogP contribution >= 0.6 is 11.6 Å². The van der Waals surface area contributed by atoms with E-state index in [9.17, 15) is 4.79 Å². The zero-order chi connectivity index (χ0) is 24.2. The van der Waals surface area contributed by atoms with Crippen LogP contribution in [0.1, 0.15) is 21.5 Å². The fourth-order valence-electron chi connectivity index (χ4n) is 3.70. The molecule has 0 bridgehead atoms. The summed E-state index contributed by atoms with van der Waals surface area (Å²) in [6.45, 7) is 1.10. The topological polar surface area (TPSA) is 111 Å². The van der Waals surface area contributed by atoms with Crippen LogP contribution in [0.2, 0.25) is 5.28 Å². The highest BCUT2D eigenvalue weighted by Crippen LogP contribution is 2.23. The van der Waals surface area contributed by atoms with Crippen LogP contribution in [-0.4, -0.2) is 25.4 Å². The molecule has 0 aliphatic rings. The first-order valence-electron chi connectivity index (χ1n) is 11.0. The minimum Gasteiger partial charge on any atom is -0.397 e. The van der Waals surface area contributed by atoms with Gasteiger partial charge in [0.05, 0.1) is 24.2 Å². The summed E-state index contributed by atoms with van der Waals surface area (Å²) in [5, 5.41) is 6.28. The van der Waals surface area contributed by atoms with E-state index >= 15 is 0 Å². The summed E-state index contributed by atoms with van der Waals surface area (Å²) in [4.78, 5) is 25.8. The smallest absolute Gasteiger partial charge is 0.255 e. The number of para-hydroxylation sites is 2. The van der Waals surface area contributed by atoms with Crippen LogP contribution in [0.3, 0.4) is 0 Å². The molecule has 0 saturated heterocycles. The Morgan fingerprint density at radius 2 is 1.66 bits per heavy atom. The molecule has 1 amide bonds. The van der Waals surface area contributed by atoms with Crippen LogP contribution in [0.4, 0.5) is 17.2 Å². The van der Waals surface area contributed by atoms with Crippen LogP contribution in [0.25, 0.3) is 11.2 Å². The summed E-state index contributed by atoms with van der Waals surface area (Å²) < 4.78 is 1.90. The van der Waals surface area contributed by atoms with Crippen molar-refractivity contribution in [3.05, 3.63) is 107 Å². The van der Waals surface area contributed by atoms with E-state index in [-0.39, 0.29) is 11.2 Å². The van der Waals surface area contributed by atoms with Crippen LogP contribution < -0.4 is 16.4 Å². The van der Waals surface area contributed by atoms with Crippen LogP contribution in [0, 0.1) is 0 Å². The van der Waals surface area contributed by atoms with Crippen molar-refractivity contribution in [2.75, 3.05) is 16.4 Å². The SMILES string of the molecule is Nc1ccccc1NC(=O)c1ccc(Cn2cnc3c(NCc4ccccc4)nc(Cl)nc32)cc1. The molecule has 0 aliphatic heterocycles. The van der Waals surface area contributed by atoms with Gasteiger partial charge in [-0.25, -0.2) is 4.98 Å². The normalized spacial score (nSPS) is 10.9. The maximum absolute atomic E-state index is 12.6. The van der Waals surface area contributed by atoms with Gasteiger partial charge in [-0.05, 0) is 47.0 Å². The molecule has 3 aromatic carbocycles. The molecule has 0 radical (unpaired) electrons. The number of carbonyl (C=O) groups is 1. The van der Waals surface area contributed by atoms with E-state index in [0.717, 1.165) is 11.1 Å². The van der Waals surface area contributed by atoms with Gasteiger partial charge in [0.15, 0.2) is 17.0 Å². The third-order valence-electron chi connectivity index (χ3n) is 5.52. The summed E-state index contributed by atoms with van der Waals surface area (Å²) >= 11 is 6.21. The van der Waals surface area contributed by atoms with Gasteiger partial charge in [0.25, 0.3) is 5.91 Å². The fraction of sp³-hybridized carbons (Fsp3) is 0.0769. The molecule has 2 heterocycles. The Morgan fingerprint density at radius 1 is 0.914 bits per heavy atom. The highest BCUT2D eigenvalue weighted by atomic mass is 35.5. The number of benzene rings is 3. The number of hydrogen-bond donors (Lipinski definition) is 3. The maximum atomic E-state index is 12.6. The summed E-state index contributed by atoms with van der Waals surface area (Å²) in [6, 6.07) is 24.5. The number of anilines is 3. The first-order chi connectivity index (χ1) is 17.1. The molecule has 35 heavy (non-hydrogen) atoms. The lowest BCUT2D eigenvalue weighted by molar-refractivity contribution is 0.102. The number of carbonyl (C=O) groups excluding carboxylic acids is 1. The monoisotopic (exact) mass is 483 g/mol. The van der Waals surface area contributed by atoms with Crippen molar-refractivity contribution >= 4 is 45.9 Å². The summed E-state index contributed by atoms with van der Waals surface area (Å²) in [5.41, 5.74) is 10.9. The van der Waals surface area contributed by atoms with E-state index < -0.39 is 0 Å². The molecular weight excluding hydrogens is 462 g/mol. The molecule has 4 N–H and O–H groups in total. The Bertz CT molecular complexity index is 1480. The van der Waals surface area contributed by atoms with Crippen molar-refractivity contribution in [3.8, 4) is 0 Å². The summed E-state index contributed by atoms with van der Waals surface area (Å²) in [5.74, 6) is 0.353. The van der Waals surface area contributed by atoms with Gasteiger partial charge in [-0.3, -0.25) is 4.79 Å².